The molecule has 3 amide bonds. The SMILES string of the molecule is O=C(Nc1ccccc1)N1CCC[C@@H](C(=O)N2CCC[C@@H]2c2ccc3c(c2)OCCCO3)C1. The predicted molar refractivity (Wildman–Crippen MR) is 125 cm³/mol. The Bertz CT molecular complexity index is 996. The number of nitrogens with zero attached hydrogens (tertiary/aromatic N) is 2. The molecule has 0 unspecified atom stereocenters. The van der Waals surface area contributed by atoms with E-state index in [1.54, 1.807) is 4.90 Å². The second-order valence-electron chi connectivity index (χ2n) is 9.03. The number of anilines is 1. The van der Waals surface area contributed by atoms with Gasteiger partial charge in [0.1, 0.15) is 0 Å². The molecule has 5 rings (SSSR count). The molecule has 3 aliphatic rings. The summed E-state index contributed by atoms with van der Waals surface area (Å²) in [6, 6.07) is 15.4. The minimum absolute atomic E-state index is 0.0446. The van der Waals surface area contributed by atoms with E-state index in [-0.39, 0.29) is 23.9 Å². The molecule has 7 heteroatoms. The van der Waals surface area contributed by atoms with Gasteiger partial charge in [-0.1, -0.05) is 24.3 Å². The molecule has 2 aromatic carbocycles. The zero-order valence-corrected chi connectivity index (χ0v) is 18.9. The van der Waals surface area contributed by atoms with Crippen LogP contribution in [0.25, 0.3) is 0 Å². The molecule has 2 fully saturated rings. The van der Waals surface area contributed by atoms with Crippen molar-refractivity contribution in [3.8, 4) is 11.5 Å². The number of hydrogen-bond acceptors (Lipinski definition) is 4. The van der Waals surface area contributed by atoms with Crippen LogP contribution >= 0.6 is 0 Å². The van der Waals surface area contributed by atoms with Crippen LogP contribution in [0.15, 0.2) is 48.5 Å². The maximum atomic E-state index is 13.6. The lowest BCUT2D eigenvalue weighted by atomic mass is 9.95. The number of ether oxygens (including phenoxy) is 2. The normalized spacial score (nSPS) is 22.5. The van der Waals surface area contributed by atoms with Gasteiger partial charge in [0.2, 0.25) is 5.91 Å². The van der Waals surface area contributed by atoms with E-state index < -0.39 is 0 Å². The fourth-order valence-corrected chi connectivity index (χ4v) is 5.09. The zero-order valence-electron chi connectivity index (χ0n) is 18.9. The van der Waals surface area contributed by atoms with Crippen molar-refractivity contribution in [2.75, 3.05) is 38.2 Å². The van der Waals surface area contributed by atoms with Gasteiger partial charge in [0.25, 0.3) is 0 Å². The second kappa shape index (κ2) is 9.73. The third kappa shape index (κ3) is 4.77. The molecule has 33 heavy (non-hydrogen) atoms. The van der Waals surface area contributed by atoms with Crippen molar-refractivity contribution in [2.24, 2.45) is 5.92 Å². The summed E-state index contributed by atoms with van der Waals surface area (Å²) >= 11 is 0. The van der Waals surface area contributed by atoms with Crippen LogP contribution in [0.5, 0.6) is 11.5 Å². The lowest BCUT2D eigenvalue weighted by Gasteiger charge is -2.35. The minimum atomic E-state index is -0.165. The van der Waals surface area contributed by atoms with E-state index in [1.807, 2.05) is 47.4 Å². The Morgan fingerprint density at radius 3 is 2.52 bits per heavy atom. The number of amides is 3. The fraction of sp³-hybridized carbons (Fsp3) is 0.462. The van der Waals surface area contributed by atoms with Crippen LogP contribution < -0.4 is 14.8 Å². The molecule has 2 aromatic rings. The number of likely N-dealkylation sites (tertiary alicyclic amines) is 2. The maximum Gasteiger partial charge on any atom is 0.321 e. The third-order valence-corrected chi connectivity index (χ3v) is 6.78. The summed E-state index contributed by atoms with van der Waals surface area (Å²) < 4.78 is 11.6. The number of carbonyl (C=O) groups is 2. The van der Waals surface area contributed by atoms with Gasteiger partial charge in [-0.05, 0) is 55.5 Å². The quantitative estimate of drug-likeness (QED) is 0.751. The van der Waals surface area contributed by atoms with E-state index in [0.717, 1.165) is 61.4 Å². The smallest absolute Gasteiger partial charge is 0.321 e. The van der Waals surface area contributed by atoms with Crippen molar-refractivity contribution < 1.29 is 19.1 Å². The number of benzene rings is 2. The van der Waals surface area contributed by atoms with E-state index in [0.29, 0.717) is 26.3 Å². The number of hydrogen-bond donors (Lipinski definition) is 1. The molecule has 0 aromatic heterocycles. The topological polar surface area (TPSA) is 71.1 Å². The number of urea groups is 1. The van der Waals surface area contributed by atoms with Gasteiger partial charge in [0.05, 0.1) is 25.2 Å². The minimum Gasteiger partial charge on any atom is -0.490 e. The molecule has 174 valence electrons. The van der Waals surface area contributed by atoms with Crippen molar-refractivity contribution in [2.45, 2.75) is 38.1 Å². The van der Waals surface area contributed by atoms with Crippen LogP contribution in [0.2, 0.25) is 0 Å². The Hall–Kier alpha value is -3.22. The third-order valence-electron chi connectivity index (χ3n) is 6.78. The number of carbonyl (C=O) groups excluding carboxylic acids is 2. The van der Waals surface area contributed by atoms with Crippen LogP contribution in [-0.4, -0.2) is 54.6 Å². The van der Waals surface area contributed by atoms with Gasteiger partial charge in [0.15, 0.2) is 11.5 Å². The summed E-state index contributed by atoms with van der Waals surface area (Å²) in [5.74, 6) is 1.54. The summed E-state index contributed by atoms with van der Waals surface area (Å²) in [5, 5.41) is 2.95. The Balaban J connectivity index is 1.26. The van der Waals surface area contributed by atoms with Crippen LogP contribution in [0, 0.1) is 5.92 Å². The average molecular weight is 450 g/mol. The summed E-state index contributed by atoms with van der Waals surface area (Å²) in [7, 11) is 0. The number of fused-ring (bicyclic) bond motifs is 1. The van der Waals surface area contributed by atoms with Crippen molar-refractivity contribution in [1.29, 1.82) is 0 Å². The van der Waals surface area contributed by atoms with E-state index in [9.17, 15) is 9.59 Å². The summed E-state index contributed by atoms with van der Waals surface area (Å²) in [6.45, 7) is 3.20. The first kappa shape index (κ1) is 21.6. The van der Waals surface area contributed by atoms with Crippen molar-refractivity contribution in [3.63, 3.8) is 0 Å². The van der Waals surface area contributed by atoms with E-state index in [4.69, 9.17) is 9.47 Å². The van der Waals surface area contributed by atoms with Gasteiger partial charge >= 0.3 is 6.03 Å². The van der Waals surface area contributed by atoms with Crippen molar-refractivity contribution in [1.82, 2.24) is 9.80 Å². The van der Waals surface area contributed by atoms with Gasteiger partial charge in [-0.3, -0.25) is 4.79 Å². The number of rotatable bonds is 3. The van der Waals surface area contributed by atoms with Gasteiger partial charge in [-0.25, -0.2) is 4.79 Å². The van der Waals surface area contributed by atoms with E-state index >= 15 is 0 Å². The first-order valence-corrected chi connectivity index (χ1v) is 12.0. The van der Waals surface area contributed by atoms with Gasteiger partial charge < -0.3 is 24.6 Å². The van der Waals surface area contributed by atoms with Gasteiger partial charge in [0, 0.05) is 31.7 Å². The van der Waals surface area contributed by atoms with Gasteiger partial charge in [-0.2, -0.15) is 0 Å². The highest BCUT2D eigenvalue weighted by Crippen LogP contribution is 2.39. The van der Waals surface area contributed by atoms with Crippen LogP contribution in [0.4, 0.5) is 10.5 Å². The lowest BCUT2D eigenvalue weighted by Crippen LogP contribution is -2.47. The Morgan fingerprint density at radius 2 is 1.67 bits per heavy atom. The molecular weight excluding hydrogens is 418 g/mol. The highest BCUT2D eigenvalue weighted by Gasteiger charge is 2.37. The summed E-state index contributed by atoms with van der Waals surface area (Å²) in [5.41, 5.74) is 1.87. The van der Waals surface area contributed by atoms with E-state index in [2.05, 4.69) is 11.4 Å². The van der Waals surface area contributed by atoms with Crippen LogP contribution in [0.1, 0.15) is 43.7 Å². The van der Waals surface area contributed by atoms with Crippen LogP contribution in [-0.2, 0) is 4.79 Å². The second-order valence-corrected chi connectivity index (χ2v) is 9.03. The maximum absolute atomic E-state index is 13.6. The average Bonchev–Trinajstić information content (AvgIpc) is 3.23. The van der Waals surface area contributed by atoms with Gasteiger partial charge in [-0.15, -0.1) is 0 Å². The van der Waals surface area contributed by atoms with E-state index in [1.165, 1.54) is 0 Å². The molecule has 1 N–H and O–H groups in total. The molecule has 3 heterocycles. The number of piperidine rings is 1. The monoisotopic (exact) mass is 449 g/mol. The molecular formula is C26H31N3O4. The van der Waals surface area contributed by atoms with Crippen molar-refractivity contribution >= 4 is 17.6 Å². The fourth-order valence-electron chi connectivity index (χ4n) is 5.09. The Labute approximate surface area is 194 Å². The van der Waals surface area contributed by atoms with Crippen LogP contribution in [0.3, 0.4) is 0 Å². The Kier molecular flexibility index (Phi) is 6.37. The molecule has 3 aliphatic heterocycles. The largest absolute Gasteiger partial charge is 0.490 e. The molecule has 0 aliphatic carbocycles. The molecule has 7 nitrogen and oxygen atoms in total. The first-order valence-electron chi connectivity index (χ1n) is 12.0. The number of nitrogens with one attached hydrogen (secondary N) is 1. The lowest BCUT2D eigenvalue weighted by molar-refractivity contribution is -0.137. The molecule has 0 bridgehead atoms. The Morgan fingerprint density at radius 1 is 0.879 bits per heavy atom. The predicted octanol–water partition coefficient (Wildman–Crippen LogP) is 4.46. The molecule has 2 saturated heterocycles. The first-order chi connectivity index (χ1) is 16.2. The standard InChI is InChI=1S/C26H31N3O4/c30-25(20-7-4-13-28(18-20)26(31)27-21-8-2-1-3-9-21)29-14-5-10-22(29)19-11-12-23-24(17-19)33-16-6-15-32-23/h1-3,8-9,11-12,17,20,22H,4-7,10,13-16,18H2,(H,27,31)/t20-,22-/m1/s1. The highest BCUT2D eigenvalue weighted by atomic mass is 16.5. The summed E-state index contributed by atoms with van der Waals surface area (Å²) in [6.07, 6.45) is 4.44. The molecule has 0 spiro atoms. The summed E-state index contributed by atoms with van der Waals surface area (Å²) in [4.78, 5) is 30.1. The van der Waals surface area contributed by atoms with Crippen molar-refractivity contribution in [3.05, 3.63) is 54.1 Å². The molecule has 0 radical (unpaired) electrons. The molecule has 0 saturated carbocycles. The number of para-hydroxylation sites is 1. The zero-order chi connectivity index (χ0) is 22.6. The highest BCUT2D eigenvalue weighted by molar-refractivity contribution is 5.90. The molecule has 2 atom stereocenters.